The first-order chi connectivity index (χ1) is 12.1. The summed E-state index contributed by atoms with van der Waals surface area (Å²) in [6.07, 6.45) is 0. The van der Waals surface area contributed by atoms with E-state index in [0.717, 1.165) is 43.1 Å². The molecule has 5 rings (SSSR count). The first kappa shape index (κ1) is 14.8. The van der Waals surface area contributed by atoms with Gasteiger partial charge in [-0.15, -0.1) is 0 Å². The highest BCUT2D eigenvalue weighted by atomic mass is 35.5. The van der Waals surface area contributed by atoms with E-state index in [1.165, 1.54) is 0 Å². The zero-order chi connectivity index (χ0) is 17.1. The van der Waals surface area contributed by atoms with E-state index in [1.54, 1.807) is 6.07 Å². The third kappa shape index (κ3) is 2.17. The molecule has 120 valence electrons. The highest BCUT2D eigenvalue weighted by Gasteiger charge is 2.11. The number of aromatic hydroxyl groups is 1. The molecule has 0 aliphatic carbocycles. The Bertz CT molecular complexity index is 1320. The lowest BCUT2D eigenvalue weighted by molar-refractivity contribution is 0.488. The number of hydrogen-bond donors (Lipinski definition) is 1. The molecule has 0 spiro atoms. The standard InChI is InChI=1S/C22H12Cl2O/c23-20-6-5-14-10-19-16(11-17(14)21(20)24)8-15-7-12-3-1-2-4-13(12)9-18(15)22(19)25/h1-11,25H. The molecule has 0 aromatic heterocycles. The Labute approximate surface area is 154 Å². The fourth-order valence-electron chi connectivity index (χ4n) is 3.55. The van der Waals surface area contributed by atoms with Gasteiger partial charge in [-0.25, -0.2) is 0 Å². The van der Waals surface area contributed by atoms with Crippen LogP contribution < -0.4 is 0 Å². The van der Waals surface area contributed by atoms with Crippen LogP contribution in [0.5, 0.6) is 5.75 Å². The van der Waals surface area contributed by atoms with Crippen molar-refractivity contribution >= 4 is 66.3 Å². The van der Waals surface area contributed by atoms with E-state index in [-0.39, 0.29) is 0 Å². The molecule has 5 aromatic carbocycles. The summed E-state index contributed by atoms with van der Waals surface area (Å²) in [7, 11) is 0. The molecule has 0 saturated carbocycles. The second-order valence-corrected chi connectivity index (χ2v) is 7.09. The zero-order valence-electron chi connectivity index (χ0n) is 13.1. The molecular formula is C22H12Cl2O. The van der Waals surface area contributed by atoms with E-state index < -0.39 is 0 Å². The van der Waals surface area contributed by atoms with Crippen molar-refractivity contribution in [1.82, 2.24) is 0 Å². The van der Waals surface area contributed by atoms with Crippen molar-refractivity contribution in [2.75, 3.05) is 0 Å². The Balaban J connectivity index is 1.97. The van der Waals surface area contributed by atoms with Gasteiger partial charge >= 0.3 is 0 Å². The van der Waals surface area contributed by atoms with E-state index in [9.17, 15) is 5.11 Å². The minimum absolute atomic E-state index is 0.297. The molecule has 3 heteroatoms. The molecule has 1 N–H and O–H groups in total. The lowest BCUT2D eigenvalue weighted by Crippen LogP contribution is -1.83. The zero-order valence-corrected chi connectivity index (χ0v) is 14.6. The number of rotatable bonds is 0. The topological polar surface area (TPSA) is 20.2 Å². The van der Waals surface area contributed by atoms with Gasteiger partial charge in [0.15, 0.2) is 0 Å². The van der Waals surface area contributed by atoms with Crippen molar-refractivity contribution in [3.05, 3.63) is 76.8 Å². The lowest BCUT2D eigenvalue weighted by atomic mass is 9.96. The predicted molar refractivity (Wildman–Crippen MR) is 108 cm³/mol. The average molecular weight is 363 g/mol. The molecule has 0 heterocycles. The van der Waals surface area contributed by atoms with Crippen LogP contribution in [0.1, 0.15) is 0 Å². The van der Waals surface area contributed by atoms with Crippen LogP contribution in [0.3, 0.4) is 0 Å². The Morgan fingerprint density at radius 1 is 0.560 bits per heavy atom. The summed E-state index contributed by atoms with van der Waals surface area (Å²) >= 11 is 12.5. The minimum atomic E-state index is 0.297. The summed E-state index contributed by atoms with van der Waals surface area (Å²) in [6, 6.07) is 22.1. The number of phenolic OH excluding ortho intramolecular Hbond substituents is 1. The van der Waals surface area contributed by atoms with E-state index in [0.29, 0.717) is 15.8 Å². The smallest absolute Gasteiger partial charge is 0.131 e. The Morgan fingerprint density at radius 3 is 1.88 bits per heavy atom. The van der Waals surface area contributed by atoms with Crippen LogP contribution in [0.4, 0.5) is 0 Å². The molecule has 0 atom stereocenters. The fraction of sp³-hybridized carbons (Fsp3) is 0. The van der Waals surface area contributed by atoms with Gasteiger partial charge in [0.2, 0.25) is 0 Å². The molecule has 0 radical (unpaired) electrons. The normalized spacial score (nSPS) is 11.8. The fourth-order valence-corrected chi connectivity index (χ4v) is 3.94. The molecular weight excluding hydrogens is 351 g/mol. The minimum Gasteiger partial charge on any atom is -0.507 e. The van der Waals surface area contributed by atoms with Gasteiger partial charge in [0.1, 0.15) is 5.75 Å². The van der Waals surface area contributed by atoms with Gasteiger partial charge in [-0.3, -0.25) is 0 Å². The van der Waals surface area contributed by atoms with E-state index in [2.05, 4.69) is 24.3 Å². The monoisotopic (exact) mass is 362 g/mol. The summed E-state index contributed by atoms with van der Waals surface area (Å²) in [4.78, 5) is 0. The van der Waals surface area contributed by atoms with Gasteiger partial charge in [0.25, 0.3) is 0 Å². The second kappa shape index (κ2) is 5.26. The van der Waals surface area contributed by atoms with Gasteiger partial charge < -0.3 is 5.11 Å². The first-order valence-electron chi connectivity index (χ1n) is 7.98. The van der Waals surface area contributed by atoms with Gasteiger partial charge in [0, 0.05) is 16.2 Å². The van der Waals surface area contributed by atoms with E-state index in [1.807, 2.05) is 36.4 Å². The SMILES string of the molecule is Oc1c2cc3ccccc3cc2cc2cc3c(Cl)c(Cl)ccc3cc12. The van der Waals surface area contributed by atoms with Crippen LogP contribution >= 0.6 is 23.2 Å². The van der Waals surface area contributed by atoms with Crippen LogP contribution in [-0.2, 0) is 0 Å². The van der Waals surface area contributed by atoms with Crippen molar-refractivity contribution in [2.24, 2.45) is 0 Å². The number of fused-ring (bicyclic) bond motifs is 4. The summed E-state index contributed by atoms with van der Waals surface area (Å²) in [5.41, 5.74) is 0. The Hall–Kier alpha value is -2.48. The molecule has 0 aliphatic heterocycles. The second-order valence-electron chi connectivity index (χ2n) is 6.30. The molecule has 0 unspecified atom stereocenters. The maximum atomic E-state index is 10.9. The summed E-state index contributed by atoms with van der Waals surface area (Å²) < 4.78 is 0. The van der Waals surface area contributed by atoms with Gasteiger partial charge in [-0.1, -0.05) is 53.5 Å². The first-order valence-corrected chi connectivity index (χ1v) is 8.73. The molecule has 1 nitrogen and oxygen atoms in total. The van der Waals surface area contributed by atoms with E-state index in [4.69, 9.17) is 23.2 Å². The maximum absolute atomic E-state index is 10.9. The predicted octanol–water partition coefficient (Wildman–Crippen LogP) is 7.31. The summed E-state index contributed by atoms with van der Waals surface area (Å²) in [6.45, 7) is 0. The number of phenols is 1. The number of benzene rings is 5. The third-order valence-electron chi connectivity index (χ3n) is 4.82. The van der Waals surface area contributed by atoms with Crippen LogP contribution in [-0.4, -0.2) is 5.11 Å². The molecule has 25 heavy (non-hydrogen) atoms. The van der Waals surface area contributed by atoms with E-state index >= 15 is 0 Å². The van der Waals surface area contributed by atoms with Crippen molar-refractivity contribution in [3.8, 4) is 5.75 Å². The van der Waals surface area contributed by atoms with Crippen LogP contribution in [0, 0.1) is 0 Å². The molecule has 0 fully saturated rings. The third-order valence-corrected chi connectivity index (χ3v) is 5.64. The highest BCUT2D eigenvalue weighted by Crippen LogP contribution is 2.40. The van der Waals surface area contributed by atoms with Crippen molar-refractivity contribution < 1.29 is 5.11 Å². The Kier molecular flexibility index (Phi) is 3.12. The van der Waals surface area contributed by atoms with Crippen LogP contribution in [0.15, 0.2) is 66.7 Å². The van der Waals surface area contributed by atoms with Gasteiger partial charge in [-0.05, 0) is 63.3 Å². The highest BCUT2D eigenvalue weighted by molar-refractivity contribution is 6.45. The molecule has 0 aliphatic rings. The lowest BCUT2D eigenvalue weighted by Gasteiger charge is -2.11. The van der Waals surface area contributed by atoms with Crippen molar-refractivity contribution in [3.63, 3.8) is 0 Å². The summed E-state index contributed by atoms with van der Waals surface area (Å²) in [5.74, 6) is 0.297. The van der Waals surface area contributed by atoms with Gasteiger partial charge in [0.05, 0.1) is 10.0 Å². The largest absolute Gasteiger partial charge is 0.507 e. The van der Waals surface area contributed by atoms with Gasteiger partial charge in [-0.2, -0.15) is 0 Å². The van der Waals surface area contributed by atoms with Crippen molar-refractivity contribution in [2.45, 2.75) is 0 Å². The molecule has 0 saturated heterocycles. The molecule has 5 aromatic rings. The summed E-state index contributed by atoms with van der Waals surface area (Å²) in [5, 5.41) is 19.7. The van der Waals surface area contributed by atoms with Crippen LogP contribution in [0.2, 0.25) is 10.0 Å². The molecule has 0 amide bonds. The number of hydrogen-bond acceptors (Lipinski definition) is 1. The molecule has 0 bridgehead atoms. The quantitative estimate of drug-likeness (QED) is 0.286. The van der Waals surface area contributed by atoms with Crippen LogP contribution in [0.25, 0.3) is 43.1 Å². The number of halogens is 2. The Morgan fingerprint density at radius 2 is 1.12 bits per heavy atom. The average Bonchev–Trinajstić information content (AvgIpc) is 2.63. The van der Waals surface area contributed by atoms with Crippen molar-refractivity contribution in [1.29, 1.82) is 0 Å². The maximum Gasteiger partial charge on any atom is 0.131 e.